The molecule has 0 atom stereocenters. The van der Waals surface area contributed by atoms with Crippen LogP contribution < -0.4 is 5.32 Å². The maximum absolute atomic E-state index is 5.56. The van der Waals surface area contributed by atoms with E-state index in [1.165, 1.54) is 18.4 Å². The minimum atomic E-state index is 0.709. The lowest BCUT2D eigenvalue weighted by Crippen LogP contribution is -2.24. The number of hydrogen-bond donors (Lipinski definition) is 1. The molecular formula is C15H22N2O. The number of hydrogen-bond acceptors (Lipinski definition) is 3. The Morgan fingerprint density at radius 3 is 2.67 bits per heavy atom. The average molecular weight is 246 g/mol. The van der Waals surface area contributed by atoms with Crippen molar-refractivity contribution in [3.05, 3.63) is 49.0 Å². The Labute approximate surface area is 109 Å². The zero-order valence-corrected chi connectivity index (χ0v) is 10.9. The van der Waals surface area contributed by atoms with E-state index >= 15 is 0 Å². The molecule has 3 heteroatoms. The first kappa shape index (κ1) is 13.1. The molecule has 98 valence electrons. The molecular weight excluding hydrogens is 224 g/mol. The van der Waals surface area contributed by atoms with E-state index in [2.05, 4.69) is 29.4 Å². The van der Waals surface area contributed by atoms with Crippen molar-refractivity contribution in [1.29, 1.82) is 0 Å². The van der Waals surface area contributed by atoms with E-state index in [0.717, 1.165) is 31.9 Å². The van der Waals surface area contributed by atoms with Gasteiger partial charge in [0.05, 0.1) is 12.8 Å². The third-order valence-electron chi connectivity index (χ3n) is 3.13. The van der Waals surface area contributed by atoms with Crippen molar-refractivity contribution < 1.29 is 4.42 Å². The monoisotopic (exact) mass is 246 g/mol. The molecule has 1 saturated carbocycles. The average Bonchev–Trinajstić information content (AvgIpc) is 3.09. The molecule has 1 fully saturated rings. The first-order valence-corrected chi connectivity index (χ1v) is 6.56. The zero-order chi connectivity index (χ0) is 12.8. The van der Waals surface area contributed by atoms with Gasteiger partial charge in [0.1, 0.15) is 5.76 Å². The summed E-state index contributed by atoms with van der Waals surface area (Å²) in [5.74, 6) is 1.06. The van der Waals surface area contributed by atoms with Gasteiger partial charge in [-0.15, -0.1) is 13.2 Å². The lowest BCUT2D eigenvalue weighted by atomic mass is 10.2. The van der Waals surface area contributed by atoms with Crippen molar-refractivity contribution in [2.75, 3.05) is 13.1 Å². The van der Waals surface area contributed by atoms with Crippen LogP contribution in [0.5, 0.6) is 0 Å². The summed E-state index contributed by atoms with van der Waals surface area (Å²) in [5, 5.41) is 3.48. The van der Waals surface area contributed by atoms with Crippen molar-refractivity contribution in [1.82, 2.24) is 10.2 Å². The van der Waals surface area contributed by atoms with Gasteiger partial charge in [0.25, 0.3) is 0 Å². The summed E-state index contributed by atoms with van der Waals surface area (Å²) in [6.45, 7) is 11.0. The van der Waals surface area contributed by atoms with Crippen LogP contribution in [0.25, 0.3) is 0 Å². The Bertz CT molecular complexity index is 383. The van der Waals surface area contributed by atoms with Crippen molar-refractivity contribution >= 4 is 0 Å². The number of nitrogens with one attached hydrogen (secondary N) is 1. The molecule has 0 bridgehead atoms. The Morgan fingerprint density at radius 2 is 2.06 bits per heavy atom. The molecule has 0 unspecified atom stereocenters. The second-order valence-corrected chi connectivity index (χ2v) is 4.80. The van der Waals surface area contributed by atoms with Gasteiger partial charge in [-0.1, -0.05) is 12.2 Å². The largest absolute Gasteiger partial charge is 0.468 e. The second kappa shape index (κ2) is 6.57. The summed E-state index contributed by atoms with van der Waals surface area (Å²) in [5.41, 5.74) is 1.26. The van der Waals surface area contributed by atoms with Crippen LogP contribution in [0.4, 0.5) is 0 Å². The molecule has 0 radical (unpaired) electrons. The van der Waals surface area contributed by atoms with Crippen LogP contribution in [-0.4, -0.2) is 24.0 Å². The molecule has 1 heterocycles. The van der Waals surface area contributed by atoms with Crippen LogP contribution in [0, 0.1) is 0 Å². The van der Waals surface area contributed by atoms with E-state index < -0.39 is 0 Å². The summed E-state index contributed by atoms with van der Waals surface area (Å²) < 4.78 is 5.56. The smallest absolute Gasteiger partial charge is 0.122 e. The van der Waals surface area contributed by atoms with Crippen molar-refractivity contribution in [3.8, 4) is 0 Å². The molecule has 0 aromatic carbocycles. The van der Waals surface area contributed by atoms with Gasteiger partial charge in [-0.2, -0.15) is 0 Å². The predicted molar refractivity (Wildman–Crippen MR) is 74.2 cm³/mol. The highest BCUT2D eigenvalue weighted by atomic mass is 16.3. The highest BCUT2D eigenvalue weighted by Crippen LogP contribution is 2.20. The Morgan fingerprint density at radius 1 is 1.33 bits per heavy atom. The summed E-state index contributed by atoms with van der Waals surface area (Å²) in [6, 6.07) is 2.77. The minimum absolute atomic E-state index is 0.709. The van der Waals surface area contributed by atoms with Crippen molar-refractivity contribution in [3.63, 3.8) is 0 Å². The van der Waals surface area contributed by atoms with Crippen LogP contribution in [0.3, 0.4) is 0 Å². The van der Waals surface area contributed by atoms with Gasteiger partial charge in [-0.3, -0.25) is 4.90 Å². The second-order valence-electron chi connectivity index (χ2n) is 4.80. The summed E-state index contributed by atoms with van der Waals surface area (Å²) in [7, 11) is 0. The van der Waals surface area contributed by atoms with Gasteiger partial charge in [0.15, 0.2) is 0 Å². The predicted octanol–water partition coefficient (Wildman–Crippen LogP) is 2.71. The van der Waals surface area contributed by atoms with Gasteiger partial charge in [0.2, 0.25) is 0 Å². The fourth-order valence-electron chi connectivity index (χ4n) is 2.00. The van der Waals surface area contributed by atoms with E-state index in [4.69, 9.17) is 4.42 Å². The van der Waals surface area contributed by atoms with E-state index in [-0.39, 0.29) is 0 Å². The maximum atomic E-state index is 5.56. The molecule has 1 N–H and O–H groups in total. The van der Waals surface area contributed by atoms with Gasteiger partial charge in [-0.25, -0.2) is 0 Å². The molecule has 1 aromatic heterocycles. The molecule has 3 nitrogen and oxygen atoms in total. The van der Waals surface area contributed by atoms with E-state index in [9.17, 15) is 0 Å². The van der Waals surface area contributed by atoms with Crippen LogP contribution in [-0.2, 0) is 13.1 Å². The van der Waals surface area contributed by atoms with Crippen LogP contribution in [0.15, 0.2) is 42.1 Å². The molecule has 1 aromatic rings. The molecule has 1 aliphatic carbocycles. The molecule has 0 spiro atoms. The molecule has 0 amide bonds. The first-order chi connectivity index (χ1) is 8.83. The van der Waals surface area contributed by atoms with Gasteiger partial charge >= 0.3 is 0 Å². The molecule has 0 saturated heterocycles. The van der Waals surface area contributed by atoms with Crippen LogP contribution in [0.1, 0.15) is 24.2 Å². The molecule has 1 aliphatic rings. The molecule has 18 heavy (non-hydrogen) atoms. The number of nitrogens with zero attached hydrogens (tertiary/aromatic N) is 1. The first-order valence-electron chi connectivity index (χ1n) is 6.56. The molecule has 0 aliphatic heterocycles. The SMILES string of the molecule is C=CCN(CC=C)Cc1ccoc1CNC1CC1. The fourth-order valence-corrected chi connectivity index (χ4v) is 2.00. The highest BCUT2D eigenvalue weighted by Gasteiger charge is 2.21. The maximum Gasteiger partial charge on any atom is 0.122 e. The zero-order valence-electron chi connectivity index (χ0n) is 10.9. The normalized spacial score (nSPS) is 14.9. The highest BCUT2D eigenvalue weighted by molar-refractivity contribution is 5.17. The van der Waals surface area contributed by atoms with Crippen molar-refractivity contribution in [2.45, 2.75) is 32.0 Å². The van der Waals surface area contributed by atoms with Gasteiger partial charge < -0.3 is 9.73 Å². The standard InChI is InChI=1S/C15H22N2O/c1-3-8-17(9-4-2)12-13-7-10-18-15(13)11-16-14-5-6-14/h3-4,7,10,14,16H,1-2,5-6,8-9,11-12H2. The third kappa shape index (κ3) is 3.86. The Hall–Kier alpha value is -1.32. The van der Waals surface area contributed by atoms with E-state index in [1.54, 1.807) is 6.26 Å². The molecule has 2 rings (SSSR count). The van der Waals surface area contributed by atoms with E-state index in [0.29, 0.717) is 6.04 Å². The van der Waals surface area contributed by atoms with Crippen LogP contribution in [0.2, 0.25) is 0 Å². The van der Waals surface area contributed by atoms with Gasteiger partial charge in [0, 0.05) is 31.2 Å². The van der Waals surface area contributed by atoms with E-state index in [1.807, 2.05) is 12.2 Å². The lowest BCUT2D eigenvalue weighted by molar-refractivity contribution is 0.323. The number of furan rings is 1. The summed E-state index contributed by atoms with van der Waals surface area (Å²) >= 11 is 0. The topological polar surface area (TPSA) is 28.4 Å². The van der Waals surface area contributed by atoms with Gasteiger partial charge in [-0.05, 0) is 18.9 Å². The Balaban J connectivity index is 1.91. The Kier molecular flexibility index (Phi) is 4.79. The number of rotatable bonds is 9. The van der Waals surface area contributed by atoms with Crippen LogP contribution >= 0.6 is 0 Å². The lowest BCUT2D eigenvalue weighted by Gasteiger charge is -2.18. The minimum Gasteiger partial charge on any atom is -0.468 e. The quantitative estimate of drug-likeness (QED) is 0.679. The summed E-state index contributed by atoms with van der Waals surface area (Å²) in [4.78, 5) is 2.28. The summed E-state index contributed by atoms with van der Waals surface area (Å²) in [6.07, 6.45) is 8.22. The van der Waals surface area contributed by atoms with Crippen molar-refractivity contribution in [2.24, 2.45) is 0 Å². The fraction of sp³-hybridized carbons (Fsp3) is 0.467. The third-order valence-corrected chi connectivity index (χ3v) is 3.13.